The van der Waals surface area contributed by atoms with E-state index in [2.05, 4.69) is 54.9 Å². The van der Waals surface area contributed by atoms with Crippen molar-refractivity contribution in [1.82, 2.24) is 0 Å². The normalized spacial score (nSPS) is 29.9. The van der Waals surface area contributed by atoms with E-state index in [4.69, 9.17) is 9.47 Å². The maximum Gasteiger partial charge on any atom is 0.123 e. The predicted octanol–water partition coefficient (Wildman–Crippen LogP) is 4.26. The second-order valence-corrected chi connectivity index (χ2v) is 7.40. The molecular weight excluding hydrogens is 304 g/mol. The fourth-order valence-corrected chi connectivity index (χ4v) is 4.04. The summed E-state index contributed by atoms with van der Waals surface area (Å²) in [4.78, 5) is 0.277. The minimum atomic E-state index is -0.0695. The molecule has 3 atom stereocenters. The standard InChI is InChI=1S/C16H21BrO2/c1-10-6-7-18-15(10)14(17)11-4-5-13-12(8-11)9-16(2,3)19-13/h4-5,8,10,14-15H,6-7,9H2,1-3H3. The molecule has 0 aromatic heterocycles. The predicted molar refractivity (Wildman–Crippen MR) is 80.0 cm³/mol. The van der Waals surface area contributed by atoms with E-state index in [1.54, 1.807) is 0 Å². The number of rotatable bonds is 2. The van der Waals surface area contributed by atoms with Crippen molar-refractivity contribution in [2.45, 2.75) is 50.1 Å². The first kappa shape index (κ1) is 13.4. The molecule has 2 heterocycles. The van der Waals surface area contributed by atoms with Crippen molar-refractivity contribution in [1.29, 1.82) is 0 Å². The smallest absolute Gasteiger partial charge is 0.123 e. The zero-order valence-corrected chi connectivity index (χ0v) is 13.4. The van der Waals surface area contributed by atoms with Gasteiger partial charge >= 0.3 is 0 Å². The van der Waals surface area contributed by atoms with Crippen LogP contribution < -0.4 is 4.74 Å². The van der Waals surface area contributed by atoms with Gasteiger partial charge in [-0.15, -0.1) is 0 Å². The van der Waals surface area contributed by atoms with Crippen molar-refractivity contribution in [2.24, 2.45) is 5.92 Å². The average Bonchev–Trinajstić information content (AvgIpc) is 2.88. The van der Waals surface area contributed by atoms with E-state index in [0.717, 1.165) is 25.2 Å². The lowest BCUT2D eigenvalue weighted by atomic mass is 9.94. The molecule has 2 aliphatic rings. The molecule has 2 aliphatic heterocycles. The Bertz CT molecular complexity index is 484. The Morgan fingerprint density at radius 1 is 1.37 bits per heavy atom. The van der Waals surface area contributed by atoms with Gasteiger partial charge in [0, 0.05) is 13.0 Å². The molecule has 19 heavy (non-hydrogen) atoms. The Morgan fingerprint density at radius 2 is 2.16 bits per heavy atom. The lowest BCUT2D eigenvalue weighted by molar-refractivity contribution is 0.0935. The van der Waals surface area contributed by atoms with Crippen molar-refractivity contribution in [3.63, 3.8) is 0 Å². The third-order valence-electron chi connectivity index (χ3n) is 4.14. The molecule has 3 heteroatoms. The van der Waals surface area contributed by atoms with Crippen LogP contribution in [0.15, 0.2) is 18.2 Å². The van der Waals surface area contributed by atoms with Gasteiger partial charge in [0.25, 0.3) is 0 Å². The number of benzene rings is 1. The minimum Gasteiger partial charge on any atom is -0.487 e. The Labute approximate surface area is 123 Å². The molecule has 1 fully saturated rings. The average molecular weight is 325 g/mol. The van der Waals surface area contributed by atoms with E-state index in [9.17, 15) is 0 Å². The lowest BCUT2D eigenvalue weighted by Gasteiger charge is -2.21. The highest BCUT2D eigenvalue weighted by atomic mass is 79.9. The van der Waals surface area contributed by atoms with Crippen LogP contribution in [0, 0.1) is 5.92 Å². The first-order valence-corrected chi connectivity index (χ1v) is 7.95. The Kier molecular flexibility index (Phi) is 3.38. The fourth-order valence-electron chi connectivity index (χ4n) is 3.08. The van der Waals surface area contributed by atoms with Gasteiger partial charge in [0.15, 0.2) is 0 Å². The molecular formula is C16H21BrO2. The number of halogens is 1. The van der Waals surface area contributed by atoms with E-state index < -0.39 is 0 Å². The summed E-state index contributed by atoms with van der Waals surface area (Å²) in [5.74, 6) is 1.65. The van der Waals surface area contributed by atoms with Crippen molar-refractivity contribution in [3.8, 4) is 5.75 Å². The molecule has 1 saturated heterocycles. The zero-order valence-electron chi connectivity index (χ0n) is 11.8. The van der Waals surface area contributed by atoms with Crippen LogP contribution in [-0.4, -0.2) is 18.3 Å². The molecule has 0 radical (unpaired) electrons. The summed E-state index contributed by atoms with van der Waals surface area (Å²) in [6, 6.07) is 6.54. The summed E-state index contributed by atoms with van der Waals surface area (Å²) in [5.41, 5.74) is 2.55. The summed E-state index contributed by atoms with van der Waals surface area (Å²) >= 11 is 3.82. The monoisotopic (exact) mass is 324 g/mol. The Morgan fingerprint density at radius 3 is 2.84 bits per heavy atom. The van der Waals surface area contributed by atoms with Crippen LogP contribution in [0.5, 0.6) is 5.75 Å². The van der Waals surface area contributed by atoms with Crippen LogP contribution in [-0.2, 0) is 11.2 Å². The van der Waals surface area contributed by atoms with Crippen molar-refractivity contribution >= 4 is 15.9 Å². The van der Waals surface area contributed by atoms with Crippen LogP contribution in [0.25, 0.3) is 0 Å². The third-order valence-corrected chi connectivity index (χ3v) is 5.19. The lowest BCUT2D eigenvalue weighted by Crippen LogP contribution is -2.24. The van der Waals surface area contributed by atoms with Gasteiger partial charge in [-0.1, -0.05) is 35.0 Å². The SMILES string of the molecule is CC1CCOC1C(Br)c1ccc2c(c1)CC(C)(C)O2. The van der Waals surface area contributed by atoms with Crippen LogP contribution in [0.2, 0.25) is 0 Å². The molecule has 3 rings (SSSR count). The topological polar surface area (TPSA) is 18.5 Å². The third kappa shape index (κ3) is 2.55. The van der Waals surface area contributed by atoms with E-state index in [-0.39, 0.29) is 16.5 Å². The van der Waals surface area contributed by atoms with E-state index in [1.807, 2.05) is 0 Å². The number of fused-ring (bicyclic) bond motifs is 1. The summed E-state index contributed by atoms with van der Waals surface area (Å²) in [6.07, 6.45) is 2.43. The van der Waals surface area contributed by atoms with Gasteiger partial charge < -0.3 is 9.47 Å². The minimum absolute atomic E-state index is 0.0695. The quantitative estimate of drug-likeness (QED) is 0.757. The van der Waals surface area contributed by atoms with Crippen molar-refractivity contribution < 1.29 is 9.47 Å². The molecule has 0 amide bonds. The van der Waals surface area contributed by atoms with Gasteiger partial charge in [-0.3, -0.25) is 0 Å². The van der Waals surface area contributed by atoms with Gasteiger partial charge in [0.2, 0.25) is 0 Å². The number of hydrogen-bond acceptors (Lipinski definition) is 2. The van der Waals surface area contributed by atoms with Crippen LogP contribution in [0.1, 0.15) is 43.1 Å². The number of alkyl halides is 1. The first-order valence-electron chi connectivity index (χ1n) is 7.04. The van der Waals surface area contributed by atoms with Crippen LogP contribution in [0.4, 0.5) is 0 Å². The van der Waals surface area contributed by atoms with E-state index in [0.29, 0.717) is 5.92 Å². The highest BCUT2D eigenvalue weighted by molar-refractivity contribution is 9.09. The highest BCUT2D eigenvalue weighted by Crippen LogP contribution is 2.41. The molecule has 0 bridgehead atoms. The van der Waals surface area contributed by atoms with Crippen LogP contribution in [0.3, 0.4) is 0 Å². The first-order chi connectivity index (χ1) is 8.96. The molecule has 104 valence electrons. The molecule has 0 spiro atoms. The molecule has 0 aliphatic carbocycles. The largest absolute Gasteiger partial charge is 0.487 e. The molecule has 0 saturated carbocycles. The van der Waals surface area contributed by atoms with E-state index in [1.165, 1.54) is 11.1 Å². The maximum atomic E-state index is 5.93. The van der Waals surface area contributed by atoms with Crippen molar-refractivity contribution in [3.05, 3.63) is 29.3 Å². The molecule has 0 N–H and O–H groups in total. The molecule has 1 aromatic carbocycles. The van der Waals surface area contributed by atoms with Gasteiger partial charge in [0.05, 0.1) is 10.9 Å². The molecule has 3 unspecified atom stereocenters. The maximum absolute atomic E-state index is 5.93. The van der Waals surface area contributed by atoms with Gasteiger partial charge in [-0.2, -0.15) is 0 Å². The Balaban J connectivity index is 1.83. The number of ether oxygens (including phenoxy) is 2. The summed E-state index contributed by atoms with van der Waals surface area (Å²) in [6.45, 7) is 7.43. The Hall–Kier alpha value is -0.540. The summed E-state index contributed by atoms with van der Waals surface area (Å²) in [7, 11) is 0. The molecule has 1 aromatic rings. The van der Waals surface area contributed by atoms with Crippen molar-refractivity contribution in [2.75, 3.05) is 6.61 Å². The number of hydrogen-bond donors (Lipinski definition) is 0. The van der Waals surface area contributed by atoms with E-state index >= 15 is 0 Å². The second kappa shape index (κ2) is 4.78. The summed E-state index contributed by atoms with van der Waals surface area (Å²) < 4.78 is 11.8. The summed E-state index contributed by atoms with van der Waals surface area (Å²) in [5, 5.41) is 0. The fraction of sp³-hybridized carbons (Fsp3) is 0.625. The van der Waals surface area contributed by atoms with Crippen LogP contribution >= 0.6 is 15.9 Å². The zero-order chi connectivity index (χ0) is 13.6. The van der Waals surface area contributed by atoms with Gasteiger partial charge in [-0.25, -0.2) is 0 Å². The van der Waals surface area contributed by atoms with Gasteiger partial charge in [0.1, 0.15) is 11.4 Å². The second-order valence-electron chi connectivity index (χ2n) is 6.41. The highest BCUT2D eigenvalue weighted by Gasteiger charge is 2.34. The van der Waals surface area contributed by atoms with Gasteiger partial charge in [-0.05, 0) is 43.4 Å². The molecule has 2 nitrogen and oxygen atoms in total.